The van der Waals surface area contributed by atoms with Crippen LogP contribution in [0.25, 0.3) is 0 Å². The summed E-state index contributed by atoms with van der Waals surface area (Å²) in [5.74, 6) is 1.18. The quantitative estimate of drug-likeness (QED) is 0.538. The first-order valence-electron chi connectivity index (χ1n) is 11.8. The second-order valence-corrected chi connectivity index (χ2v) is 10.9. The number of benzene rings is 2. The van der Waals surface area contributed by atoms with Gasteiger partial charge in [0.25, 0.3) is 5.91 Å². The molecule has 1 heterocycles. The molecular formula is C25H32N4O3S. The number of guanidine groups is 1. The molecule has 2 aromatic rings. The monoisotopic (exact) mass is 468 g/mol. The smallest absolute Gasteiger partial charge is 0.257 e. The topological polar surface area (TPSA) is 99.7 Å². The van der Waals surface area contributed by atoms with E-state index in [0.29, 0.717) is 34.6 Å². The van der Waals surface area contributed by atoms with Gasteiger partial charge in [-0.15, -0.1) is 0 Å². The zero-order valence-electron chi connectivity index (χ0n) is 18.8. The second-order valence-electron chi connectivity index (χ2n) is 8.81. The maximum Gasteiger partial charge on any atom is 0.257 e. The van der Waals surface area contributed by atoms with Gasteiger partial charge in [-0.25, -0.2) is 8.42 Å². The van der Waals surface area contributed by atoms with Crippen LogP contribution in [0.1, 0.15) is 55.3 Å². The summed E-state index contributed by atoms with van der Waals surface area (Å²) in [6.45, 7) is 1.51. The van der Waals surface area contributed by atoms with Crippen LogP contribution in [0.15, 0.2) is 58.4 Å². The van der Waals surface area contributed by atoms with Crippen molar-refractivity contribution in [1.82, 2.24) is 10.6 Å². The van der Waals surface area contributed by atoms with Crippen LogP contribution in [-0.2, 0) is 9.84 Å². The van der Waals surface area contributed by atoms with Crippen LogP contribution in [-0.4, -0.2) is 39.1 Å². The standard InChI is InChI=1S/C25H32N4O3S/c30-24(29-25-26-15-5-16-27-25)20-11-13-21(14-12-20)28-22-9-3-10-23(18-22)33(31,32)17-4-8-19-6-1-2-7-19/h3,9-14,18-19,28H,1-2,4-8,15-17H2,(H2,26,27,29,30). The number of carbonyl (C=O) groups excluding carboxylic acids is 1. The van der Waals surface area contributed by atoms with E-state index in [-0.39, 0.29) is 11.7 Å². The lowest BCUT2D eigenvalue weighted by Crippen LogP contribution is -2.43. The van der Waals surface area contributed by atoms with Crippen molar-refractivity contribution in [3.8, 4) is 0 Å². The molecule has 176 valence electrons. The van der Waals surface area contributed by atoms with Crippen molar-refractivity contribution in [3.63, 3.8) is 0 Å². The minimum absolute atomic E-state index is 0.191. The first kappa shape index (κ1) is 23.3. The van der Waals surface area contributed by atoms with Gasteiger partial charge in [-0.05, 0) is 67.6 Å². The van der Waals surface area contributed by atoms with Gasteiger partial charge in [0.15, 0.2) is 15.8 Å². The molecule has 1 amide bonds. The van der Waals surface area contributed by atoms with Crippen molar-refractivity contribution in [1.29, 1.82) is 0 Å². The number of sulfone groups is 1. The third kappa shape index (κ3) is 6.57. The molecule has 33 heavy (non-hydrogen) atoms. The Morgan fingerprint density at radius 1 is 1.03 bits per heavy atom. The molecule has 2 aromatic carbocycles. The largest absolute Gasteiger partial charge is 0.356 e. The van der Waals surface area contributed by atoms with Crippen LogP contribution in [0, 0.1) is 5.92 Å². The van der Waals surface area contributed by atoms with Gasteiger partial charge in [0, 0.05) is 30.0 Å². The first-order chi connectivity index (χ1) is 16.0. The fourth-order valence-electron chi connectivity index (χ4n) is 4.41. The van der Waals surface area contributed by atoms with E-state index >= 15 is 0 Å². The van der Waals surface area contributed by atoms with Gasteiger partial charge in [-0.1, -0.05) is 31.7 Å². The molecule has 1 saturated carbocycles. The maximum absolute atomic E-state index is 12.8. The van der Waals surface area contributed by atoms with Crippen molar-refractivity contribution in [2.45, 2.75) is 49.8 Å². The lowest BCUT2D eigenvalue weighted by molar-refractivity contribution is 0.0975. The number of nitrogens with one attached hydrogen (secondary N) is 3. The summed E-state index contributed by atoms with van der Waals surface area (Å²) >= 11 is 0. The van der Waals surface area contributed by atoms with Crippen LogP contribution in [0.2, 0.25) is 0 Å². The summed E-state index contributed by atoms with van der Waals surface area (Å²) < 4.78 is 25.6. The van der Waals surface area contributed by atoms with Crippen molar-refractivity contribution in [3.05, 3.63) is 54.1 Å². The maximum atomic E-state index is 12.8. The average Bonchev–Trinajstić information content (AvgIpc) is 3.34. The van der Waals surface area contributed by atoms with E-state index in [1.165, 1.54) is 25.7 Å². The van der Waals surface area contributed by atoms with Gasteiger partial charge < -0.3 is 10.6 Å². The van der Waals surface area contributed by atoms with Gasteiger partial charge >= 0.3 is 0 Å². The highest BCUT2D eigenvalue weighted by molar-refractivity contribution is 7.91. The fourth-order valence-corrected chi connectivity index (χ4v) is 5.79. The predicted octanol–water partition coefficient (Wildman–Crippen LogP) is 4.25. The van der Waals surface area contributed by atoms with Gasteiger partial charge in [0.05, 0.1) is 10.6 Å². The Balaban J connectivity index is 1.34. The van der Waals surface area contributed by atoms with E-state index in [4.69, 9.17) is 0 Å². The number of rotatable bonds is 8. The number of anilines is 2. The molecule has 0 saturated heterocycles. The number of hydrogen-bond donors (Lipinski definition) is 3. The van der Waals surface area contributed by atoms with Crippen LogP contribution < -0.4 is 16.0 Å². The highest BCUT2D eigenvalue weighted by Crippen LogP contribution is 2.29. The summed E-state index contributed by atoms with van der Waals surface area (Å²) in [4.78, 5) is 17.0. The van der Waals surface area contributed by atoms with Crippen molar-refractivity contribution in [2.24, 2.45) is 10.9 Å². The molecule has 3 N–H and O–H groups in total. The molecule has 1 aliphatic heterocycles. The predicted molar refractivity (Wildman–Crippen MR) is 132 cm³/mol. The van der Waals surface area contributed by atoms with Crippen molar-refractivity contribution < 1.29 is 13.2 Å². The van der Waals surface area contributed by atoms with Crippen LogP contribution in [0.4, 0.5) is 11.4 Å². The molecule has 0 atom stereocenters. The Kier molecular flexibility index (Phi) is 7.65. The summed E-state index contributed by atoms with van der Waals surface area (Å²) in [6, 6.07) is 14.0. The Morgan fingerprint density at radius 3 is 2.55 bits per heavy atom. The second kappa shape index (κ2) is 10.8. The molecular weight excluding hydrogens is 436 g/mol. The number of amides is 1. The molecule has 1 aliphatic carbocycles. The molecule has 0 aromatic heterocycles. The Labute approximate surface area is 196 Å². The van der Waals surface area contributed by atoms with Gasteiger partial charge in [-0.2, -0.15) is 0 Å². The normalized spacial score (nSPS) is 16.7. The molecule has 0 unspecified atom stereocenters. The van der Waals surface area contributed by atoms with Crippen LogP contribution in [0.3, 0.4) is 0 Å². The number of aliphatic imine (C=N–C) groups is 1. The van der Waals surface area contributed by atoms with Crippen molar-refractivity contribution in [2.75, 3.05) is 24.2 Å². The first-order valence-corrected chi connectivity index (χ1v) is 13.4. The van der Waals surface area contributed by atoms with Gasteiger partial charge in [0.2, 0.25) is 0 Å². The van der Waals surface area contributed by atoms with E-state index in [1.807, 2.05) is 6.07 Å². The zero-order valence-corrected chi connectivity index (χ0v) is 19.7. The third-order valence-corrected chi connectivity index (χ3v) is 8.06. The minimum Gasteiger partial charge on any atom is -0.356 e. The number of carbonyl (C=O) groups is 1. The number of hydrogen-bond acceptors (Lipinski definition) is 6. The summed E-state index contributed by atoms with van der Waals surface area (Å²) in [5, 5.41) is 9.07. The third-order valence-electron chi connectivity index (χ3n) is 6.26. The molecule has 0 spiro atoms. The highest BCUT2D eigenvalue weighted by Gasteiger charge is 2.19. The zero-order chi connectivity index (χ0) is 23.1. The Morgan fingerprint density at radius 2 is 1.82 bits per heavy atom. The van der Waals surface area contributed by atoms with Gasteiger partial charge in [0.1, 0.15) is 0 Å². The molecule has 4 rings (SSSR count). The molecule has 2 aliphatic rings. The molecule has 7 nitrogen and oxygen atoms in total. The lowest BCUT2D eigenvalue weighted by atomic mass is 10.0. The summed E-state index contributed by atoms with van der Waals surface area (Å²) in [6.07, 6.45) is 7.73. The molecule has 1 fully saturated rings. The SMILES string of the molecule is O=C(NC1=NCCCN1)c1ccc(Nc2cccc(S(=O)(=O)CCCC3CCCC3)c2)cc1. The van der Waals surface area contributed by atoms with Crippen molar-refractivity contribution >= 4 is 33.1 Å². The van der Waals surface area contributed by atoms with E-state index in [2.05, 4.69) is 20.9 Å². The molecule has 0 radical (unpaired) electrons. The number of nitrogens with zero attached hydrogens (tertiary/aromatic N) is 1. The van der Waals surface area contributed by atoms with E-state index < -0.39 is 9.84 Å². The van der Waals surface area contributed by atoms with E-state index in [9.17, 15) is 13.2 Å². The lowest BCUT2D eigenvalue weighted by Gasteiger charge is -2.15. The molecule has 0 bridgehead atoms. The van der Waals surface area contributed by atoms with Crippen LogP contribution in [0.5, 0.6) is 0 Å². The Bertz CT molecular complexity index is 1090. The van der Waals surface area contributed by atoms with Gasteiger partial charge in [-0.3, -0.25) is 15.1 Å². The van der Waals surface area contributed by atoms with E-state index in [0.717, 1.165) is 31.5 Å². The minimum atomic E-state index is -3.31. The summed E-state index contributed by atoms with van der Waals surface area (Å²) in [5.41, 5.74) is 1.99. The average molecular weight is 469 g/mol. The van der Waals surface area contributed by atoms with E-state index in [1.54, 1.807) is 42.5 Å². The van der Waals surface area contributed by atoms with Crippen LogP contribution >= 0.6 is 0 Å². The fraction of sp³-hybridized carbons (Fsp3) is 0.440. The summed E-state index contributed by atoms with van der Waals surface area (Å²) in [7, 11) is -3.31. The highest BCUT2D eigenvalue weighted by atomic mass is 32.2. The Hall–Kier alpha value is -2.87. The molecule has 8 heteroatoms.